The molecule has 1 aliphatic heterocycles. The Morgan fingerprint density at radius 3 is 3.00 bits per heavy atom. The van der Waals surface area contributed by atoms with Gasteiger partial charge < -0.3 is 5.32 Å². The number of aromatic nitrogens is 1. The SMILES string of the molecule is Cc1cc(C[C@H]2CC[C@H](C)NC2)ccn1. The predicted molar refractivity (Wildman–Crippen MR) is 62.9 cm³/mol. The number of nitrogens with one attached hydrogen (secondary N) is 1. The first-order chi connectivity index (χ1) is 7.24. The fourth-order valence-electron chi connectivity index (χ4n) is 2.30. The summed E-state index contributed by atoms with van der Waals surface area (Å²) < 4.78 is 0. The molecule has 82 valence electrons. The zero-order valence-corrected chi connectivity index (χ0v) is 9.66. The highest BCUT2D eigenvalue weighted by Crippen LogP contribution is 2.18. The number of nitrogens with zero attached hydrogens (tertiary/aromatic N) is 1. The molecule has 0 spiro atoms. The van der Waals surface area contributed by atoms with E-state index < -0.39 is 0 Å². The maximum Gasteiger partial charge on any atom is 0.0375 e. The summed E-state index contributed by atoms with van der Waals surface area (Å²) in [6, 6.07) is 5.06. The summed E-state index contributed by atoms with van der Waals surface area (Å²) in [5.41, 5.74) is 2.56. The molecule has 0 radical (unpaired) electrons. The number of hydrogen-bond donors (Lipinski definition) is 1. The Bertz CT molecular complexity index is 314. The topological polar surface area (TPSA) is 24.9 Å². The highest BCUT2D eigenvalue weighted by Gasteiger charge is 2.17. The van der Waals surface area contributed by atoms with Gasteiger partial charge in [0.15, 0.2) is 0 Å². The van der Waals surface area contributed by atoms with Gasteiger partial charge in [0, 0.05) is 17.9 Å². The van der Waals surface area contributed by atoms with Gasteiger partial charge in [0.05, 0.1) is 0 Å². The molecule has 1 aromatic heterocycles. The van der Waals surface area contributed by atoms with E-state index in [1.54, 1.807) is 0 Å². The number of pyridine rings is 1. The molecule has 2 atom stereocenters. The van der Waals surface area contributed by atoms with Gasteiger partial charge in [0.1, 0.15) is 0 Å². The molecule has 0 aliphatic carbocycles. The van der Waals surface area contributed by atoms with Gasteiger partial charge in [-0.3, -0.25) is 4.98 Å². The van der Waals surface area contributed by atoms with Crippen molar-refractivity contribution in [2.24, 2.45) is 5.92 Å². The first-order valence-corrected chi connectivity index (χ1v) is 5.89. The average molecular weight is 204 g/mol. The van der Waals surface area contributed by atoms with Crippen LogP contribution >= 0.6 is 0 Å². The highest BCUT2D eigenvalue weighted by molar-refractivity contribution is 5.16. The van der Waals surface area contributed by atoms with Crippen molar-refractivity contribution in [3.8, 4) is 0 Å². The number of aryl methyl sites for hydroxylation is 1. The van der Waals surface area contributed by atoms with Crippen LogP contribution in [0.1, 0.15) is 31.0 Å². The van der Waals surface area contributed by atoms with Crippen molar-refractivity contribution in [2.45, 2.75) is 39.2 Å². The van der Waals surface area contributed by atoms with Crippen molar-refractivity contribution in [3.05, 3.63) is 29.6 Å². The Kier molecular flexibility index (Phi) is 3.37. The summed E-state index contributed by atoms with van der Waals surface area (Å²) in [4.78, 5) is 4.23. The van der Waals surface area contributed by atoms with E-state index in [2.05, 4.69) is 36.3 Å². The predicted octanol–water partition coefficient (Wildman–Crippen LogP) is 2.32. The van der Waals surface area contributed by atoms with E-state index in [0.29, 0.717) is 6.04 Å². The van der Waals surface area contributed by atoms with Crippen LogP contribution in [0.2, 0.25) is 0 Å². The minimum absolute atomic E-state index is 0.709. The van der Waals surface area contributed by atoms with Crippen LogP contribution in [0.25, 0.3) is 0 Å². The average Bonchev–Trinajstić information content (AvgIpc) is 2.22. The summed E-state index contributed by atoms with van der Waals surface area (Å²) in [7, 11) is 0. The first-order valence-electron chi connectivity index (χ1n) is 5.89. The Labute approximate surface area is 92.1 Å². The number of rotatable bonds is 2. The van der Waals surface area contributed by atoms with E-state index in [1.807, 2.05) is 6.20 Å². The normalized spacial score (nSPS) is 26.5. The highest BCUT2D eigenvalue weighted by atomic mass is 14.9. The lowest BCUT2D eigenvalue weighted by atomic mass is 9.90. The van der Waals surface area contributed by atoms with Crippen LogP contribution in [-0.4, -0.2) is 17.6 Å². The minimum Gasteiger partial charge on any atom is -0.314 e. The van der Waals surface area contributed by atoms with Crippen LogP contribution in [0, 0.1) is 12.8 Å². The van der Waals surface area contributed by atoms with Gasteiger partial charge >= 0.3 is 0 Å². The van der Waals surface area contributed by atoms with Crippen molar-refractivity contribution in [1.29, 1.82) is 0 Å². The van der Waals surface area contributed by atoms with Crippen LogP contribution < -0.4 is 5.32 Å². The molecule has 0 aromatic carbocycles. The lowest BCUT2D eigenvalue weighted by Gasteiger charge is -2.27. The van der Waals surface area contributed by atoms with Crippen LogP contribution in [0.4, 0.5) is 0 Å². The lowest BCUT2D eigenvalue weighted by Crippen LogP contribution is -2.37. The molecule has 1 saturated heterocycles. The van der Waals surface area contributed by atoms with Crippen LogP contribution in [0.15, 0.2) is 18.3 Å². The molecule has 0 bridgehead atoms. The van der Waals surface area contributed by atoms with Gasteiger partial charge in [-0.25, -0.2) is 0 Å². The van der Waals surface area contributed by atoms with E-state index >= 15 is 0 Å². The summed E-state index contributed by atoms with van der Waals surface area (Å²) in [6.07, 6.45) is 5.79. The molecule has 0 amide bonds. The number of piperidine rings is 1. The van der Waals surface area contributed by atoms with Gasteiger partial charge in [-0.1, -0.05) is 0 Å². The zero-order chi connectivity index (χ0) is 10.7. The largest absolute Gasteiger partial charge is 0.314 e. The monoisotopic (exact) mass is 204 g/mol. The van der Waals surface area contributed by atoms with Gasteiger partial charge in [0.2, 0.25) is 0 Å². The van der Waals surface area contributed by atoms with Crippen molar-refractivity contribution in [1.82, 2.24) is 10.3 Å². The maximum absolute atomic E-state index is 4.23. The summed E-state index contributed by atoms with van der Waals surface area (Å²) in [5.74, 6) is 0.808. The molecule has 0 unspecified atom stereocenters. The molecule has 1 N–H and O–H groups in total. The quantitative estimate of drug-likeness (QED) is 0.799. The third-order valence-corrected chi connectivity index (χ3v) is 3.25. The molecule has 2 nitrogen and oxygen atoms in total. The van der Waals surface area contributed by atoms with E-state index in [1.165, 1.54) is 31.4 Å². The molecule has 1 aromatic rings. The smallest absolute Gasteiger partial charge is 0.0375 e. The molecule has 15 heavy (non-hydrogen) atoms. The summed E-state index contributed by atoms with van der Waals surface area (Å²) >= 11 is 0. The molecule has 2 heterocycles. The Morgan fingerprint density at radius 1 is 1.47 bits per heavy atom. The maximum atomic E-state index is 4.23. The van der Waals surface area contributed by atoms with Gasteiger partial charge in [0.25, 0.3) is 0 Å². The molecule has 2 rings (SSSR count). The lowest BCUT2D eigenvalue weighted by molar-refractivity contribution is 0.322. The Morgan fingerprint density at radius 2 is 2.33 bits per heavy atom. The van der Waals surface area contributed by atoms with E-state index in [-0.39, 0.29) is 0 Å². The van der Waals surface area contributed by atoms with Crippen LogP contribution in [0.5, 0.6) is 0 Å². The van der Waals surface area contributed by atoms with Crippen molar-refractivity contribution >= 4 is 0 Å². The summed E-state index contributed by atoms with van der Waals surface area (Å²) in [5, 5.41) is 3.55. The molecular formula is C13H20N2. The fraction of sp³-hybridized carbons (Fsp3) is 0.615. The second-order valence-electron chi connectivity index (χ2n) is 4.76. The van der Waals surface area contributed by atoms with E-state index in [4.69, 9.17) is 0 Å². The molecule has 1 aliphatic rings. The number of hydrogen-bond acceptors (Lipinski definition) is 2. The van der Waals surface area contributed by atoms with Crippen molar-refractivity contribution < 1.29 is 0 Å². The standard InChI is InChI=1S/C13H20N2/c1-10-3-4-13(9-15-10)8-12-5-6-14-11(2)7-12/h5-7,10,13,15H,3-4,8-9H2,1-2H3/t10-,13+/m0/s1. The molecule has 2 heteroatoms. The van der Waals surface area contributed by atoms with E-state index in [9.17, 15) is 0 Å². The zero-order valence-electron chi connectivity index (χ0n) is 9.66. The fourth-order valence-corrected chi connectivity index (χ4v) is 2.30. The summed E-state index contributed by atoms with van der Waals surface area (Å²) in [6.45, 7) is 5.50. The Hall–Kier alpha value is -0.890. The second-order valence-corrected chi connectivity index (χ2v) is 4.76. The second kappa shape index (κ2) is 4.75. The molecule has 1 fully saturated rings. The van der Waals surface area contributed by atoms with Gasteiger partial charge in [-0.2, -0.15) is 0 Å². The van der Waals surface area contributed by atoms with Crippen LogP contribution in [-0.2, 0) is 6.42 Å². The van der Waals surface area contributed by atoms with Gasteiger partial charge in [-0.15, -0.1) is 0 Å². The third-order valence-electron chi connectivity index (χ3n) is 3.25. The van der Waals surface area contributed by atoms with Crippen LogP contribution in [0.3, 0.4) is 0 Å². The molecule has 0 saturated carbocycles. The minimum atomic E-state index is 0.709. The molecular weight excluding hydrogens is 184 g/mol. The van der Waals surface area contributed by atoms with E-state index in [0.717, 1.165) is 11.6 Å². The third kappa shape index (κ3) is 3.03. The Balaban J connectivity index is 1.92. The first kappa shape index (κ1) is 10.6. The van der Waals surface area contributed by atoms with Gasteiger partial charge in [-0.05, 0) is 63.3 Å². The van der Waals surface area contributed by atoms with Crippen molar-refractivity contribution in [2.75, 3.05) is 6.54 Å². The van der Waals surface area contributed by atoms with Crippen molar-refractivity contribution in [3.63, 3.8) is 0 Å².